The molecule has 1 aliphatic rings. The lowest BCUT2D eigenvalue weighted by molar-refractivity contribution is 0.194. The number of aromatic nitrogens is 3. The molecule has 2 aromatic heterocycles. The highest BCUT2D eigenvalue weighted by atomic mass is 15.1. The molecule has 5 nitrogen and oxygen atoms in total. The Hall–Kier alpha value is -2.19. The van der Waals surface area contributed by atoms with Gasteiger partial charge in [0.2, 0.25) is 0 Å². The number of imidazole rings is 1. The molecule has 1 aliphatic heterocycles. The molecule has 0 amide bonds. The summed E-state index contributed by atoms with van der Waals surface area (Å²) in [6.45, 7) is 3.35. The molecule has 3 rings (SSSR count). The van der Waals surface area contributed by atoms with E-state index in [-0.39, 0.29) is 0 Å². The summed E-state index contributed by atoms with van der Waals surface area (Å²) in [4.78, 5) is 11.1. The van der Waals surface area contributed by atoms with Crippen LogP contribution in [0.4, 0.5) is 0 Å². The van der Waals surface area contributed by atoms with Crippen molar-refractivity contribution in [2.75, 3.05) is 20.1 Å². The minimum atomic E-state index is 0.614. The predicted molar refractivity (Wildman–Crippen MR) is 80.4 cm³/mol. The second-order valence-electron chi connectivity index (χ2n) is 5.77. The van der Waals surface area contributed by atoms with Crippen molar-refractivity contribution in [3.8, 4) is 17.5 Å². The van der Waals surface area contributed by atoms with Gasteiger partial charge in [-0.3, -0.25) is 4.98 Å². The topological polar surface area (TPSA) is 57.7 Å². The van der Waals surface area contributed by atoms with Gasteiger partial charge in [-0.15, -0.1) is 0 Å². The minimum Gasteiger partial charge on any atom is -0.336 e. The molecule has 0 aromatic carbocycles. The van der Waals surface area contributed by atoms with Gasteiger partial charge in [0, 0.05) is 25.5 Å². The largest absolute Gasteiger partial charge is 0.336 e. The lowest BCUT2D eigenvalue weighted by Gasteiger charge is -2.29. The van der Waals surface area contributed by atoms with Crippen LogP contribution in [0.15, 0.2) is 30.9 Å². The van der Waals surface area contributed by atoms with E-state index in [1.165, 1.54) is 19.4 Å². The Morgan fingerprint density at radius 1 is 1.38 bits per heavy atom. The first-order valence-corrected chi connectivity index (χ1v) is 7.31. The van der Waals surface area contributed by atoms with Gasteiger partial charge in [0.15, 0.2) is 0 Å². The SMILES string of the molecule is CN1CCCC(Cn2cnc(-c3cc(C#N)ccn3)c2)C1. The molecule has 3 heterocycles. The number of nitriles is 1. The molecule has 0 radical (unpaired) electrons. The molecule has 1 saturated heterocycles. The van der Waals surface area contributed by atoms with Crippen LogP contribution in [0.25, 0.3) is 11.4 Å². The van der Waals surface area contributed by atoms with E-state index in [1.54, 1.807) is 18.3 Å². The van der Waals surface area contributed by atoms with Crippen LogP contribution < -0.4 is 0 Å². The third kappa shape index (κ3) is 3.29. The lowest BCUT2D eigenvalue weighted by atomic mass is 9.98. The number of likely N-dealkylation sites (tertiary alicyclic amines) is 1. The number of rotatable bonds is 3. The van der Waals surface area contributed by atoms with Gasteiger partial charge >= 0.3 is 0 Å². The fourth-order valence-corrected chi connectivity index (χ4v) is 2.95. The fraction of sp³-hybridized carbons (Fsp3) is 0.438. The average Bonchev–Trinajstić information content (AvgIpc) is 2.96. The van der Waals surface area contributed by atoms with Crippen molar-refractivity contribution in [3.05, 3.63) is 36.4 Å². The van der Waals surface area contributed by atoms with E-state index in [1.807, 2.05) is 12.5 Å². The molecule has 2 aromatic rings. The van der Waals surface area contributed by atoms with Gasteiger partial charge in [0.05, 0.1) is 23.7 Å². The van der Waals surface area contributed by atoms with E-state index in [0.717, 1.165) is 24.5 Å². The van der Waals surface area contributed by atoms with E-state index < -0.39 is 0 Å². The molecule has 1 unspecified atom stereocenters. The third-order valence-electron chi connectivity index (χ3n) is 3.98. The number of nitrogens with zero attached hydrogens (tertiary/aromatic N) is 5. The highest BCUT2D eigenvalue weighted by molar-refractivity contribution is 5.55. The minimum absolute atomic E-state index is 0.614. The van der Waals surface area contributed by atoms with Gasteiger partial charge in [0.25, 0.3) is 0 Å². The number of hydrogen-bond donors (Lipinski definition) is 0. The van der Waals surface area contributed by atoms with E-state index in [9.17, 15) is 0 Å². The smallest absolute Gasteiger partial charge is 0.107 e. The first-order chi connectivity index (χ1) is 10.2. The fourth-order valence-electron chi connectivity index (χ4n) is 2.95. The summed E-state index contributed by atoms with van der Waals surface area (Å²) in [7, 11) is 2.18. The second kappa shape index (κ2) is 6.06. The van der Waals surface area contributed by atoms with Crippen LogP contribution in [0.3, 0.4) is 0 Å². The van der Waals surface area contributed by atoms with Crippen LogP contribution in [-0.4, -0.2) is 39.6 Å². The summed E-state index contributed by atoms with van der Waals surface area (Å²) >= 11 is 0. The maximum absolute atomic E-state index is 8.95. The summed E-state index contributed by atoms with van der Waals surface area (Å²) < 4.78 is 2.14. The van der Waals surface area contributed by atoms with Crippen LogP contribution in [-0.2, 0) is 6.54 Å². The van der Waals surface area contributed by atoms with E-state index in [4.69, 9.17) is 5.26 Å². The highest BCUT2D eigenvalue weighted by Crippen LogP contribution is 2.19. The molecule has 0 bridgehead atoms. The van der Waals surface area contributed by atoms with Crippen molar-refractivity contribution in [2.45, 2.75) is 19.4 Å². The molecule has 0 spiro atoms. The molecule has 108 valence electrons. The quantitative estimate of drug-likeness (QED) is 0.865. The second-order valence-corrected chi connectivity index (χ2v) is 5.77. The summed E-state index contributed by atoms with van der Waals surface area (Å²) in [6, 6.07) is 5.62. The van der Waals surface area contributed by atoms with Crippen molar-refractivity contribution in [1.82, 2.24) is 19.4 Å². The Kier molecular flexibility index (Phi) is 3.98. The van der Waals surface area contributed by atoms with E-state index in [0.29, 0.717) is 11.5 Å². The lowest BCUT2D eigenvalue weighted by Crippen LogP contribution is -2.33. The Labute approximate surface area is 124 Å². The van der Waals surface area contributed by atoms with Gasteiger partial charge in [-0.05, 0) is 44.5 Å². The van der Waals surface area contributed by atoms with Crippen molar-refractivity contribution in [1.29, 1.82) is 5.26 Å². The molecular formula is C16H19N5. The first kappa shape index (κ1) is 13.8. The molecule has 0 aliphatic carbocycles. The number of pyridine rings is 1. The maximum Gasteiger partial charge on any atom is 0.107 e. The Balaban J connectivity index is 1.72. The average molecular weight is 281 g/mol. The Bertz CT molecular complexity index is 655. The van der Waals surface area contributed by atoms with Crippen LogP contribution in [0.5, 0.6) is 0 Å². The number of hydrogen-bond acceptors (Lipinski definition) is 4. The predicted octanol–water partition coefficient (Wildman–Crippen LogP) is 2.16. The summed E-state index contributed by atoms with van der Waals surface area (Å²) in [5.74, 6) is 0.684. The first-order valence-electron chi connectivity index (χ1n) is 7.31. The van der Waals surface area contributed by atoms with Crippen molar-refractivity contribution in [2.24, 2.45) is 5.92 Å². The van der Waals surface area contributed by atoms with Crippen LogP contribution in [0.2, 0.25) is 0 Å². The molecule has 21 heavy (non-hydrogen) atoms. The highest BCUT2D eigenvalue weighted by Gasteiger charge is 2.17. The zero-order chi connectivity index (χ0) is 14.7. The maximum atomic E-state index is 8.95. The van der Waals surface area contributed by atoms with E-state index in [2.05, 4.69) is 32.6 Å². The molecule has 5 heteroatoms. The van der Waals surface area contributed by atoms with Gasteiger partial charge in [-0.1, -0.05) is 0 Å². The Morgan fingerprint density at radius 3 is 3.10 bits per heavy atom. The van der Waals surface area contributed by atoms with Crippen LogP contribution in [0.1, 0.15) is 18.4 Å². The zero-order valence-electron chi connectivity index (χ0n) is 12.2. The summed E-state index contributed by atoms with van der Waals surface area (Å²) in [5, 5.41) is 8.95. The van der Waals surface area contributed by atoms with Gasteiger partial charge < -0.3 is 9.47 Å². The molecule has 0 N–H and O–H groups in total. The van der Waals surface area contributed by atoms with Crippen molar-refractivity contribution >= 4 is 0 Å². The van der Waals surface area contributed by atoms with Gasteiger partial charge in [-0.25, -0.2) is 4.98 Å². The number of piperidine rings is 1. The summed E-state index contributed by atoms with van der Waals surface area (Å²) in [6.07, 6.45) is 8.10. The van der Waals surface area contributed by atoms with Gasteiger partial charge in [-0.2, -0.15) is 5.26 Å². The monoisotopic (exact) mass is 281 g/mol. The molecule has 0 saturated carbocycles. The van der Waals surface area contributed by atoms with Crippen molar-refractivity contribution < 1.29 is 0 Å². The third-order valence-corrected chi connectivity index (χ3v) is 3.98. The van der Waals surface area contributed by atoms with Crippen LogP contribution >= 0.6 is 0 Å². The van der Waals surface area contributed by atoms with Crippen molar-refractivity contribution in [3.63, 3.8) is 0 Å². The van der Waals surface area contributed by atoms with Crippen LogP contribution in [0, 0.1) is 17.2 Å². The Morgan fingerprint density at radius 2 is 2.29 bits per heavy atom. The molecule has 1 fully saturated rings. The molecule has 1 atom stereocenters. The zero-order valence-corrected chi connectivity index (χ0v) is 12.2. The standard InChI is InChI=1S/C16H19N5/c1-20-6-2-3-14(9-20)10-21-11-16(19-12-21)15-7-13(8-17)4-5-18-15/h4-5,7,11-12,14H,2-3,6,9-10H2,1H3. The van der Waals surface area contributed by atoms with Gasteiger partial charge in [0.1, 0.15) is 5.69 Å². The summed E-state index contributed by atoms with van der Waals surface area (Å²) in [5.41, 5.74) is 2.20. The van der Waals surface area contributed by atoms with E-state index >= 15 is 0 Å². The molecular weight excluding hydrogens is 262 g/mol. The normalized spacial score (nSPS) is 19.3.